The highest BCUT2D eigenvalue weighted by Gasteiger charge is 2.30. The van der Waals surface area contributed by atoms with Gasteiger partial charge in [-0.25, -0.2) is 13.5 Å². The van der Waals surface area contributed by atoms with Gasteiger partial charge in [-0.2, -0.15) is 5.10 Å². The topological polar surface area (TPSA) is 64.2 Å². The van der Waals surface area contributed by atoms with E-state index in [9.17, 15) is 13.6 Å². The van der Waals surface area contributed by atoms with Crippen LogP contribution in [0.3, 0.4) is 0 Å². The van der Waals surface area contributed by atoms with E-state index in [0.717, 1.165) is 42.7 Å². The van der Waals surface area contributed by atoms with Gasteiger partial charge in [-0.3, -0.25) is 4.79 Å². The molecule has 3 rings (SSSR count). The molecule has 0 radical (unpaired) electrons. The number of halogens is 2. The van der Waals surface area contributed by atoms with E-state index in [4.69, 9.17) is 5.73 Å². The van der Waals surface area contributed by atoms with Crippen molar-refractivity contribution >= 4 is 5.91 Å². The van der Waals surface area contributed by atoms with Crippen LogP contribution in [0.1, 0.15) is 42.0 Å². The first-order valence-corrected chi connectivity index (χ1v) is 8.75. The molecule has 0 atom stereocenters. The second kappa shape index (κ2) is 6.79. The van der Waals surface area contributed by atoms with E-state index in [-0.39, 0.29) is 11.3 Å². The molecular formula is C19H24F2N4O. The van der Waals surface area contributed by atoms with Gasteiger partial charge in [-0.05, 0) is 43.4 Å². The maximum Gasteiger partial charge on any atom is 0.274 e. The predicted molar refractivity (Wildman–Crippen MR) is 95.3 cm³/mol. The van der Waals surface area contributed by atoms with Crippen molar-refractivity contribution in [3.05, 3.63) is 46.8 Å². The Labute approximate surface area is 151 Å². The number of rotatable bonds is 5. The Balaban J connectivity index is 1.97. The number of aromatic nitrogens is 2. The van der Waals surface area contributed by atoms with Gasteiger partial charge in [0.2, 0.25) is 0 Å². The van der Waals surface area contributed by atoms with E-state index < -0.39 is 11.6 Å². The van der Waals surface area contributed by atoms with Crippen molar-refractivity contribution in [3.8, 4) is 5.69 Å². The highest BCUT2D eigenvalue weighted by atomic mass is 19.2. The third-order valence-electron chi connectivity index (χ3n) is 4.85. The molecule has 0 spiro atoms. The predicted octanol–water partition coefficient (Wildman–Crippen LogP) is 2.70. The van der Waals surface area contributed by atoms with Gasteiger partial charge in [0, 0.05) is 30.9 Å². The lowest BCUT2D eigenvalue weighted by molar-refractivity contribution is 0.0733. The maximum atomic E-state index is 13.6. The molecular weight excluding hydrogens is 338 g/mol. The smallest absolute Gasteiger partial charge is 0.274 e. The van der Waals surface area contributed by atoms with E-state index in [1.807, 2.05) is 13.8 Å². The number of amides is 1. The molecule has 7 heteroatoms. The largest absolute Gasteiger partial charge is 0.340 e. The number of hydrogen-bond acceptors (Lipinski definition) is 3. The summed E-state index contributed by atoms with van der Waals surface area (Å²) in [5, 5.41) is 4.45. The van der Waals surface area contributed by atoms with Crippen LogP contribution >= 0.6 is 0 Å². The molecule has 1 aromatic heterocycles. The lowest BCUT2D eigenvalue weighted by Crippen LogP contribution is -2.40. The van der Waals surface area contributed by atoms with Gasteiger partial charge in [0.15, 0.2) is 17.3 Å². The zero-order chi connectivity index (χ0) is 19.1. The Bertz CT molecular complexity index is 844. The molecule has 140 valence electrons. The Morgan fingerprint density at radius 3 is 2.69 bits per heavy atom. The lowest BCUT2D eigenvalue weighted by Gasteiger charge is -2.28. The van der Waals surface area contributed by atoms with Crippen LogP contribution in [-0.2, 0) is 12.8 Å². The SMILES string of the molecule is CN(CC(C)(C)CN)C(=O)c1nn(-c2ccc(F)c(F)c2)c2c1CCC2. The molecule has 1 aromatic carbocycles. The Morgan fingerprint density at radius 2 is 2.04 bits per heavy atom. The number of nitrogens with zero attached hydrogens (tertiary/aromatic N) is 3. The van der Waals surface area contributed by atoms with E-state index in [0.29, 0.717) is 24.5 Å². The van der Waals surface area contributed by atoms with Crippen molar-refractivity contribution in [3.63, 3.8) is 0 Å². The Morgan fingerprint density at radius 1 is 1.31 bits per heavy atom. The molecule has 0 bridgehead atoms. The molecule has 1 aliphatic rings. The van der Waals surface area contributed by atoms with Crippen molar-refractivity contribution in [1.82, 2.24) is 14.7 Å². The summed E-state index contributed by atoms with van der Waals surface area (Å²) in [5.74, 6) is -2.01. The highest BCUT2D eigenvalue weighted by molar-refractivity contribution is 5.94. The van der Waals surface area contributed by atoms with Crippen molar-refractivity contribution in [2.75, 3.05) is 20.1 Å². The van der Waals surface area contributed by atoms with Crippen molar-refractivity contribution in [2.24, 2.45) is 11.1 Å². The summed E-state index contributed by atoms with van der Waals surface area (Å²) in [6, 6.07) is 3.65. The summed E-state index contributed by atoms with van der Waals surface area (Å²) in [7, 11) is 1.73. The Hall–Kier alpha value is -2.28. The molecule has 0 saturated heterocycles. The number of hydrogen-bond donors (Lipinski definition) is 1. The average molecular weight is 362 g/mol. The summed E-state index contributed by atoms with van der Waals surface area (Å²) in [4.78, 5) is 14.6. The highest BCUT2D eigenvalue weighted by Crippen LogP contribution is 2.29. The number of carbonyl (C=O) groups is 1. The zero-order valence-corrected chi connectivity index (χ0v) is 15.4. The second-order valence-electron chi connectivity index (χ2n) is 7.67. The van der Waals surface area contributed by atoms with Crippen LogP contribution in [0.25, 0.3) is 5.69 Å². The summed E-state index contributed by atoms with van der Waals surface area (Å²) in [6.07, 6.45) is 2.43. The van der Waals surface area contributed by atoms with Gasteiger partial charge in [0.05, 0.1) is 5.69 Å². The van der Waals surface area contributed by atoms with Crippen molar-refractivity contribution in [1.29, 1.82) is 0 Å². The molecule has 0 unspecified atom stereocenters. The zero-order valence-electron chi connectivity index (χ0n) is 15.4. The van der Waals surface area contributed by atoms with Crippen LogP contribution in [0.4, 0.5) is 8.78 Å². The van der Waals surface area contributed by atoms with Crippen LogP contribution in [0.15, 0.2) is 18.2 Å². The minimum Gasteiger partial charge on any atom is -0.340 e. The summed E-state index contributed by atoms with van der Waals surface area (Å²) in [6.45, 7) is 4.98. The summed E-state index contributed by atoms with van der Waals surface area (Å²) >= 11 is 0. The first-order chi connectivity index (χ1) is 12.2. The number of nitrogens with two attached hydrogens (primary N) is 1. The third-order valence-corrected chi connectivity index (χ3v) is 4.85. The first kappa shape index (κ1) is 18.5. The van der Waals surface area contributed by atoms with Gasteiger partial charge >= 0.3 is 0 Å². The monoisotopic (exact) mass is 362 g/mol. The van der Waals surface area contributed by atoms with Crippen LogP contribution in [0.2, 0.25) is 0 Å². The van der Waals surface area contributed by atoms with Crippen LogP contribution in [0.5, 0.6) is 0 Å². The van der Waals surface area contributed by atoms with Crippen LogP contribution in [-0.4, -0.2) is 40.7 Å². The minimum atomic E-state index is -0.931. The van der Waals surface area contributed by atoms with Gasteiger partial charge in [0.25, 0.3) is 5.91 Å². The molecule has 1 heterocycles. The quantitative estimate of drug-likeness (QED) is 0.889. The van der Waals surface area contributed by atoms with Crippen molar-refractivity contribution < 1.29 is 13.6 Å². The number of fused-ring (bicyclic) bond motifs is 1. The second-order valence-corrected chi connectivity index (χ2v) is 7.67. The van der Waals surface area contributed by atoms with E-state index in [1.54, 1.807) is 16.6 Å². The number of carbonyl (C=O) groups excluding carboxylic acids is 1. The molecule has 5 nitrogen and oxygen atoms in total. The van der Waals surface area contributed by atoms with E-state index in [1.165, 1.54) is 6.07 Å². The Kier molecular flexibility index (Phi) is 4.84. The average Bonchev–Trinajstić information content (AvgIpc) is 3.19. The lowest BCUT2D eigenvalue weighted by atomic mass is 9.93. The molecule has 1 amide bonds. The first-order valence-electron chi connectivity index (χ1n) is 8.75. The fraction of sp³-hybridized carbons (Fsp3) is 0.474. The maximum absolute atomic E-state index is 13.6. The van der Waals surface area contributed by atoms with Gasteiger partial charge in [-0.1, -0.05) is 13.8 Å². The molecule has 2 aromatic rings. The van der Waals surface area contributed by atoms with Gasteiger partial charge in [0.1, 0.15) is 0 Å². The van der Waals surface area contributed by atoms with Crippen LogP contribution < -0.4 is 5.73 Å². The van der Waals surface area contributed by atoms with Crippen LogP contribution in [0, 0.1) is 17.0 Å². The van der Waals surface area contributed by atoms with E-state index in [2.05, 4.69) is 5.10 Å². The standard InChI is InChI=1S/C19H24F2N4O/c1-19(2,10-22)11-24(3)18(26)17-13-5-4-6-16(13)25(23-17)12-7-8-14(20)15(21)9-12/h7-9H,4-6,10-11,22H2,1-3H3. The van der Waals surface area contributed by atoms with Gasteiger partial charge in [-0.15, -0.1) is 0 Å². The molecule has 0 aliphatic heterocycles. The molecule has 0 fully saturated rings. The molecule has 0 saturated carbocycles. The molecule has 2 N–H and O–H groups in total. The fourth-order valence-electron chi connectivity index (χ4n) is 3.40. The fourth-order valence-corrected chi connectivity index (χ4v) is 3.40. The summed E-state index contributed by atoms with van der Waals surface area (Å²) in [5.41, 5.74) is 8.17. The van der Waals surface area contributed by atoms with Gasteiger partial charge < -0.3 is 10.6 Å². The normalized spacial score (nSPS) is 13.8. The third kappa shape index (κ3) is 3.35. The van der Waals surface area contributed by atoms with E-state index >= 15 is 0 Å². The minimum absolute atomic E-state index is 0.175. The summed E-state index contributed by atoms with van der Waals surface area (Å²) < 4.78 is 28.4. The molecule has 26 heavy (non-hydrogen) atoms. The molecule has 1 aliphatic carbocycles. The number of benzene rings is 1. The van der Waals surface area contributed by atoms with Crippen molar-refractivity contribution in [2.45, 2.75) is 33.1 Å².